The van der Waals surface area contributed by atoms with Gasteiger partial charge in [0.05, 0.1) is 12.5 Å². The summed E-state index contributed by atoms with van der Waals surface area (Å²) in [5, 5.41) is 2.73. The van der Waals surface area contributed by atoms with Gasteiger partial charge in [-0.3, -0.25) is 4.79 Å². The van der Waals surface area contributed by atoms with Crippen LogP contribution in [0.5, 0.6) is 0 Å². The summed E-state index contributed by atoms with van der Waals surface area (Å²) in [5.74, 6) is -0.173. The second kappa shape index (κ2) is 6.29. The number of carbonyl (C=O) groups excluding carboxylic acids is 2. The van der Waals surface area contributed by atoms with Gasteiger partial charge in [0.15, 0.2) is 0 Å². The molecule has 114 valence electrons. The van der Waals surface area contributed by atoms with E-state index in [1.54, 1.807) is 0 Å². The summed E-state index contributed by atoms with van der Waals surface area (Å²) in [4.78, 5) is 23.2. The topological polar surface area (TPSA) is 64.6 Å². The van der Waals surface area contributed by atoms with Crippen LogP contribution in [0.1, 0.15) is 47.0 Å². The maximum atomic E-state index is 11.7. The van der Waals surface area contributed by atoms with Crippen LogP contribution >= 0.6 is 0 Å². The zero-order valence-electron chi connectivity index (χ0n) is 13.0. The largest absolute Gasteiger partial charge is 0.469 e. The summed E-state index contributed by atoms with van der Waals surface area (Å²) >= 11 is 0. The van der Waals surface area contributed by atoms with E-state index < -0.39 is 17.1 Å². The van der Waals surface area contributed by atoms with Crippen LogP contribution in [0.2, 0.25) is 0 Å². The standard InChI is InChI=1S/C15H25NO4/c1-14(2,3)20-13(18)16-10-11-6-8-15(4,9-7-11)12(17)19-5/h6H,7-10H2,1-5H3,(H,16,18). The van der Waals surface area contributed by atoms with Gasteiger partial charge in [-0.05, 0) is 47.0 Å². The predicted octanol–water partition coefficient (Wildman–Crippen LogP) is 2.80. The predicted molar refractivity (Wildman–Crippen MR) is 76.3 cm³/mol. The van der Waals surface area contributed by atoms with Crippen LogP contribution in [0, 0.1) is 5.41 Å². The van der Waals surface area contributed by atoms with E-state index in [1.165, 1.54) is 7.11 Å². The molecule has 5 heteroatoms. The molecule has 1 amide bonds. The zero-order chi connectivity index (χ0) is 15.4. The fourth-order valence-electron chi connectivity index (χ4n) is 2.10. The highest BCUT2D eigenvalue weighted by Crippen LogP contribution is 2.35. The van der Waals surface area contributed by atoms with Crippen molar-refractivity contribution >= 4 is 12.1 Å². The van der Waals surface area contributed by atoms with E-state index in [2.05, 4.69) is 5.32 Å². The molecule has 0 radical (unpaired) electrons. The first-order chi connectivity index (χ1) is 9.16. The molecule has 0 spiro atoms. The van der Waals surface area contributed by atoms with Crippen LogP contribution in [0.15, 0.2) is 11.6 Å². The molecule has 0 saturated heterocycles. The number of rotatable bonds is 3. The van der Waals surface area contributed by atoms with Crippen LogP contribution < -0.4 is 5.32 Å². The van der Waals surface area contributed by atoms with Gasteiger partial charge < -0.3 is 14.8 Å². The number of amides is 1. The van der Waals surface area contributed by atoms with Gasteiger partial charge in [-0.2, -0.15) is 0 Å². The molecule has 1 aliphatic carbocycles. The van der Waals surface area contributed by atoms with Crippen molar-refractivity contribution in [3.05, 3.63) is 11.6 Å². The molecule has 20 heavy (non-hydrogen) atoms. The Hall–Kier alpha value is -1.52. The highest BCUT2D eigenvalue weighted by Gasteiger charge is 2.35. The molecule has 0 aliphatic heterocycles. The Bertz CT molecular complexity index is 409. The van der Waals surface area contributed by atoms with Crippen molar-refractivity contribution in [2.24, 2.45) is 5.41 Å². The fraction of sp³-hybridized carbons (Fsp3) is 0.733. The van der Waals surface area contributed by atoms with E-state index in [9.17, 15) is 9.59 Å². The molecule has 1 N–H and O–H groups in total. The molecule has 1 rings (SSSR count). The van der Waals surface area contributed by atoms with Crippen LogP contribution in [0.3, 0.4) is 0 Å². The smallest absolute Gasteiger partial charge is 0.407 e. The Morgan fingerprint density at radius 3 is 2.50 bits per heavy atom. The normalized spacial score (nSPS) is 22.8. The monoisotopic (exact) mass is 283 g/mol. The second-order valence-electron chi connectivity index (χ2n) is 6.47. The number of ether oxygens (including phenoxy) is 2. The molecule has 1 unspecified atom stereocenters. The lowest BCUT2D eigenvalue weighted by atomic mass is 9.76. The van der Waals surface area contributed by atoms with E-state index in [1.807, 2.05) is 33.8 Å². The SMILES string of the molecule is COC(=O)C1(C)CC=C(CNC(=O)OC(C)(C)C)CC1. The summed E-state index contributed by atoms with van der Waals surface area (Å²) in [6.07, 6.45) is 3.76. The number of nitrogens with one attached hydrogen (secondary N) is 1. The Balaban J connectivity index is 2.45. The number of hydrogen-bond acceptors (Lipinski definition) is 4. The van der Waals surface area contributed by atoms with E-state index >= 15 is 0 Å². The van der Waals surface area contributed by atoms with Crippen molar-refractivity contribution < 1.29 is 19.1 Å². The molecule has 5 nitrogen and oxygen atoms in total. The molecule has 0 aromatic heterocycles. The van der Waals surface area contributed by atoms with Gasteiger partial charge in [-0.15, -0.1) is 0 Å². The molecule has 0 fully saturated rings. The van der Waals surface area contributed by atoms with Gasteiger partial charge in [-0.25, -0.2) is 4.79 Å². The third kappa shape index (κ3) is 4.87. The van der Waals surface area contributed by atoms with E-state index in [-0.39, 0.29) is 5.97 Å². The molecule has 0 heterocycles. The number of allylic oxidation sites excluding steroid dienone is 1. The number of hydrogen-bond donors (Lipinski definition) is 1. The molecule has 0 bridgehead atoms. The van der Waals surface area contributed by atoms with Gasteiger partial charge in [0.25, 0.3) is 0 Å². The van der Waals surface area contributed by atoms with E-state index in [0.717, 1.165) is 18.4 Å². The van der Waals surface area contributed by atoms with Gasteiger partial charge in [0.1, 0.15) is 5.60 Å². The molecular weight excluding hydrogens is 258 g/mol. The molecule has 1 aliphatic rings. The van der Waals surface area contributed by atoms with E-state index in [0.29, 0.717) is 13.0 Å². The Labute approximate surface area is 120 Å². The molecule has 0 saturated carbocycles. The van der Waals surface area contributed by atoms with Crippen molar-refractivity contribution in [3.63, 3.8) is 0 Å². The Morgan fingerprint density at radius 1 is 1.40 bits per heavy atom. The van der Waals surface area contributed by atoms with Crippen LogP contribution in [0.25, 0.3) is 0 Å². The summed E-state index contributed by atoms with van der Waals surface area (Å²) < 4.78 is 10.00. The lowest BCUT2D eigenvalue weighted by molar-refractivity contribution is -0.152. The average Bonchev–Trinajstić information content (AvgIpc) is 2.35. The van der Waals surface area contributed by atoms with Crippen molar-refractivity contribution in [1.82, 2.24) is 5.32 Å². The van der Waals surface area contributed by atoms with Crippen molar-refractivity contribution in [1.29, 1.82) is 0 Å². The summed E-state index contributed by atoms with van der Waals surface area (Å²) in [6, 6.07) is 0. The van der Waals surface area contributed by atoms with Crippen molar-refractivity contribution in [2.45, 2.75) is 52.6 Å². The molecular formula is C15H25NO4. The third-order valence-corrected chi connectivity index (χ3v) is 3.38. The van der Waals surface area contributed by atoms with Crippen LogP contribution in [-0.4, -0.2) is 31.3 Å². The lowest BCUT2D eigenvalue weighted by Gasteiger charge is -2.30. The van der Waals surface area contributed by atoms with Crippen molar-refractivity contribution in [3.8, 4) is 0 Å². The molecule has 0 aromatic rings. The Morgan fingerprint density at radius 2 is 2.05 bits per heavy atom. The van der Waals surface area contributed by atoms with Crippen molar-refractivity contribution in [2.75, 3.05) is 13.7 Å². The highest BCUT2D eigenvalue weighted by molar-refractivity contribution is 5.76. The minimum atomic E-state index is -0.492. The Kier molecular flexibility index (Phi) is 5.20. The second-order valence-corrected chi connectivity index (χ2v) is 6.47. The number of esters is 1. The fourth-order valence-corrected chi connectivity index (χ4v) is 2.10. The minimum Gasteiger partial charge on any atom is -0.469 e. The summed E-state index contributed by atoms with van der Waals surface area (Å²) in [7, 11) is 1.41. The zero-order valence-corrected chi connectivity index (χ0v) is 13.0. The average molecular weight is 283 g/mol. The van der Waals surface area contributed by atoms with Gasteiger partial charge in [0.2, 0.25) is 0 Å². The first kappa shape index (κ1) is 16.5. The maximum absolute atomic E-state index is 11.7. The highest BCUT2D eigenvalue weighted by atomic mass is 16.6. The number of methoxy groups -OCH3 is 1. The van der Waals surface area contributed by atoms with Crippen LogP contribution in [0.4, 0.5) is 4.79 Å². The number of alkyl carbamates (subject to hydrolysis) is 1. The third-order valence-electron chi connectivity index (χ3n) is 3.38. The number of carbonyl (C=O) groups is 2. The van der Waals surface area contributed by atoms with Gasteiger partial charge >= 0.3 is 12.1 Å². The van der Waals surface area contributed by atoms with Gasteiger partial charge in [0, 0.05) is 6.54 Å². The maximum Gasteiger partial charge on any atom is 0.407 e. The molecule has 1 atom stereocenters. The molecule has 0 aromatic carbocycles. The minimum absolute atomic E-state index is 0.173. The first-order valence-electron chi connectivity index (χ1n) is 6.89. The summed E-state index contributed by atoms with van der Waals surface area (Å²) in [5.41, 5.74) is 0.191. The summed E-state index contributed by atoms with van der Waals surface area (Å²) in [6.45, 7) is 7.86. The van der Waals surface area contributed by atoms with E-state index in [4.69, 9.17) is 9.47 Å². The first-order valence-corrected chi connectivity index (χ1v) is 6.89. The van der Waals surface area contributed by atoms with Crippen LogP contribution in [-0.2, 0) is 14.3 Å². The lowest BCUT2D eigenvalue weighted by Crippen LogP contribution is -2.35. The van der Waals surface area contributed by atoms with Gasteiger partial charge in [-0.1, -0.05) is 11.6 Å². The quantitative estimate of drug-likeness (QED) is 0.639.